The van der Waals surface area contributed by atoms with Gasteiger partial charge < -0.3 is 9.73 Å². The molecule has 1 aromatic heterocycles. The first kappa shape index (κ1) is 12.3. The predicted octanol–water partition coefficient (Wildman–Crippen LogP) is 3.19. The molecule has 15 heavy (non-hydrogen) atoms. The monoisotopic (exact) mass is 231 g/mol. The highest BCUT2D eigenvalue weighted by molar-refractivity contribution is 6.16. The second-order valence-corrected chi connectivity index (χ2v) is 3.87. The highest BCUT2D eigenvalue weighted by Crippen LogP contribution is 2.24. The van der Waals surface area contributed by atoms with Gasteiger partial charge in [0.15, 0.2) is 0 Å². The summed E-state index contributed by atoms with van der Waals surface area (Å²) in [7, 11) is 0. The van der Waals surface area contributed by atoms with Gasteiger partial charge in [0.05, 0.1) is 0 Å². The van der Waals surface area contributed by atoms with Crippen molar-refractivity contribution in [2.75, 3.05) is 5.32 Å². The van der Waals surface area contributed by atoms with Crippen LogP contribution < -0.4 is 5.32 Å². The van der Waals surface area contributed by atoms with E-state index in [0.29, 0.717) is 11.9 Å². The van der Waals surface area contributed by atoms with Crippen LogP contribution in [0, 0.1) is 0 Å². The second-order valence-electron chi connectivity index (χ2n) is 3.60. The van der Waals surface area contributed by atoms with Crippen LogP contribution in [-0.2, 0) is 5.88 Å². The molecule has 1 N–H and O–H groups in total. The van der Waals surface area contributed by atoms with Gasteiger partial charge in [-0.25, -0.2) is 0 Å². The van der Waals surface area contributed by atoms with Gasteiger partial charge >= 0.3 is 6.01 Å². The Balaban J connectivity index is 2.73. The molecule has 1 heterocycles. The molecule has 0 radical (unpaired) electrons. The van der Waals surface area contributed by atoms with Crippen LogP contribution in [-0.4, -0.2) is 15.7 Å². The molecule has 0 bridgehead atoms. The minimum atomic E-state index is 0.0517. The molecule has 0 fully saturated rings. The maximum atomic E-state index is 5.59. The SMILES string of the molecule is CCC(CC)(CC)Nc1nnc(CCl)o1. The summed E-state index contributed by atoms with van der Waals surface area (Å²) in [5.74, 6) is 0.711. The molecule has 1 aromatic rings. The Morgan fingerprint density at radius 3 is 2.20 bits per heavy atom. The lowest BCUT2D eigenvalue weighted by atomic mass is 9.90. The molecule has 0 spiro atoms. The number of hydrogen-bond acceptors (Lipinski definition) is 4. The Kier molecular flexibility index (Phi) is 4.39. The van der Waals surface area contributed by atoms with Crippen LogP contribution in [0.5, 0.6) is 0 Å². The third-order valence-electron chi connectivity index (χ3n) is 2.98. The zero-order valence-corrected chi connectivity index (χ0v) is 10.3. The predicted molar refractivity (Wildman–Crippen MR) is 61.1 cm³/mol. The van der Waals surface area contributed by atoms with Crippen molar-refractivity contribution in [3.05, 3.63) is 5.89 Å². The van der Waals surface area contributed by atoms with Gasteiger partial charge in [0.1, 0.15) is 5.88 Å². The summed E-state index contributed by atoms with van der Waals surface area (Å²) in [5, 5.41) is 11.0. The van der Waals surface area contributed by atoms with Gasteiger partial charge in [0.2, 0.25) is 5.89 Å². The number of aromatic nitrogens is 2. The molecular weight excluding hydrogens is 214 g/mol. The van der Waals surface area contributed by atoms with E-state index in [1.54, 1.807) is 0 Å². The molecular formula is C10H18ClN3O. The molecule has 5 heteroatoms. The second kappa shape index (κ2) is 5.35. The first-order valence-electron chi connectivity index (χ1n) is 5.36. The lowest BCUT2D eigenvalue weighted by Crippen LogP contribution is -2.36. The van der Waals surface area contributed by atoms with Crippen LogP contribution >= 0.6 is 11.6 Å². The van der Waals surface area contributed by atoms with Crippen molar-refractivity contribution >= 4 is 17.6 Å². The van der Waals surface area contributed by atoms with Crippen molar-refractivity contribution in [2.24, 2.45) is 0 Å². The van der Waals surface area contributed by atoms with Gasteiger partial charge in [-0.2, -0.15) is 0 Å². The third kappa shape index (κ3) is 2.84. The molecule has 0 aromatic carbocycles. The summed E-state index contributed by atoms with van der Waals surface area (Å²) in [6.45, 7) is 6.45. The van der Waals surface area contributed by atoms with Crippen molar-refractivity contribution in [1.82, 2.24) is 10.2 Å². The normalized spacial score (nSPS) is 11.7. The van der Waals surface area contributed by atoms with E-state index in [-0.39, 0.29) is 11.4 Å². The van der Waals surface area contributed by atoms with Gasteiger partial charge in [0, 0.05) is 5.54 Å². The van der Waals surface area contributed by atoms with Crippen LogP contribution in [0.2, 0.25) is 0 Å². The number of nitrogens with one attached hydrogen (secondary N) is 1. The molecule has 0 aliphatic carbocycles. The average molecular weight is 232 g/mol. The van der Waals surface area contributed by atoms with Crippen LogP contribution in [0.3, 0.4) is 0 Å². The van der Waals surface area contributed by atoms with E-state index < -0.39 is 0 Å². The van der Waals surface area contributed by atoms with E-state index in [1.807, 2.05) is 0 Å². The molecule has 0 aliphatic rings. The highest BCUT2D eigenvalue weighted by Gasteiger charge is 2.25. The lowest BCUT2D eigenvalue weighted by Gasteiger charge is -2.30. The van der Waals surface area contributed by atoms with Crippen LogP contribution in [0.15, 0.2) is 4.42 Å². The van der Waals surface area contributed by atoms with Gasteiger partial charge in [-0.05, 0) is 19.3 Å². The van der Waals surface area contributed by atoms with E-state index in [1.165, 1.54) is 0 Å². The van der Waals surface area contributed by atoms with E-state index in [9.17, 15) is 0 Å². The topological polar surface area (TPSA) is 51.0 Å². The number of hydrogen-bond donors (Lipinski definition) is 1. The van der Waals surface area contributed by atoms with Gasteiger partial charge in [-0.15, -0.1) is 16.7 Å². The summed E-state index contributed by atoms with van der Waals surface area (Å²) in [5.41, 5.74) is 0.0517. The van der Waals surface area contributed by atoms with Crippen LogP contribution in [0.25, 0.3) is 0 Å². The maximum Gasteiger partial charge on any atom is 0.315 e. The summed E-state index contributed by atoms with van der Waals surface area (Å²) >= 11 is 5.59. The number of alkyl halides is 1. The Morgan fingerprint density at radius 2 is 1.80 bits per heavy atom. The molecule has 0 aliphatic heterocycles. The molecule has 0 saturated carbocycles. The number of anilines is 1. The number of halogens is 1. The number of nitrogens with zero attached hydrogens (tertiary/aromatic N) is 2. The molecule has 0 atom stereocenters. The van der Waals surface area contributed by atoms with Crippen molar-refractivity contribution in [3.63, 3.8) is 0 Å². The smallest absolute Gasteiger partial charge is 0.315 e. The van der Waals surface area contributed by atoms with Gasteiger partial charge in [-0.1, -0.05) is 25.9 Å². The maximum absolute atomic E-state index is 5.59. The minimum absolute atomic E-state index is 0.0517. The Bertz CT molecular complexity index is 288. The molecule has 0 unspecified atom stereocenters. The molecule has 86 valence electrons. The molecule has 0 saturated heterocycles. The number of rotatable bonds is 6. The van der Waals surface area contributed by atoms with Crippen LogP contribution in [0.4, 0.5) is 6.01 Å². The third-order valence-corrected chi connectivity index (χ3v) is 3.21. The first-order chi connectivity index (χ1) is 7.19. The quantitative estimate of drug-likeness (QED) is 0.764. The largest absolute Gasteiger partial charge is 0.407 e. The fourth-order valence-electron chi connectivity index (χ4n) is 1.60. The summed E-state index contributed by atoms with van der Waals surface area (Å²) in [4.78, 5) is 0. The summed E-state index contributed by atoms with van der Waals surface area (Å²) in [6, 6.07) is 0.469. The van der Waals surface area contributed by atoms with E-state index >= 15 is 0 Å². The highest BCUT2D eigenvalue weighted by atomic mass is 35.5. The van der Waals surface area contributed by atoms with E-state index in [2.05, 4.69) is 36.3 Å². The Hall–Kier alpha value is -0.770. The zero-order valence-electron chi connectivity index (χ0n) is 9.51. The first-order valence-corrected chi connectivity index (χ1v) is 5.89. The van der Waals surface area contributed by atoms with Crippen LogP contribution in [0.1, 0.15) is 45.9 Å². The van der Waals surface area contributed by atoms with Crippen molar-refractivity contribution < 1.29 is 4.42 Å². The molecule has 1 rings (SSSR count). The lowest BCUT2D eigenvalue weighted by molar-refractivity contribution is 0.398. The van der Waals surface area contributed by atoms with E-state index in [0.717, 1.165) is 19.3 Å². The summed E-state index contributed by atoms with van der Waals surface area (Å²) in [6.07, 6.45) is 3.08. The molecule has 4 nitrogen and oxygen atoms in total. The van der Waals surface area contributed by atoms with Crippen molar-refractivity contribution in [1.29, 1.82) is 0 Å². The Labute approximate surface area is 95.4 Å². The van der Waals surface area contributed by atoms with Crippen molar-refractivity contribution in [2.45, 2.75) is 51.5 Å². The standard InChI is InChI=1S/C10H18ClN3O/c1-4-10(5-2,6-3)12-9-14-13-8(7-11)15-9/h4-7H2,1-3H3,(H,12,14). The van der Waals surface area contributed by atoms with Gasteiger partial charge in [-0.3, -0.25) is 0 Å². The van der Waals surface area contributed by atoms with Crippen molar-refractivity contribution in [3.8, 4) is 0 Å². The molecule has 0 amide bonds. The Morgan fingerprint density at radius 1 is 1.20 bits per heavy atom. The fourth-order valence-corrected chi connectivity index (χ4v) is 1.71. The summed E-state index contributed by atoms with van der Waals surface area (Å²) < 4.78 is 5.33. The fraction of sp³-hybridized carbons (Fsp3) is 0.800. The van der Waals surface area contributed by atoms with Gasteiger partial charge in [0.25, 0.3) is 0 Å². The zero-order chi connectivity index (χ0) is 11.3. The average Bonchev–Trinajstić information content (AvgIpc) is 2.73. The minimum Gasteiger partial charge on any atom is -0.407 e. The van der Waals surface area contributed by atoms with E-state index in [4.69, 9.17) is 16.0 Å².